The van der Waals surface area contributed by atoms with Gasteiger partial charge in [-0.2, -0.15) is 0 Å². The molecule has 1 unspecified atom stereocenters. The summed E-state index contributed by atoms with van der Waals surface area (Å²) in [5, 5.41) is 12.0. The molecule has 1 heterocycles. The second-order valence-corrected chi connectivity index (χ2v) is 3.09. The number of aromatic nitrogens is 2. The van der Waals surface area contributed by atoms with Crippen molar-refractivity contribution < 1.29 is 5.11 Å². The van der Waals surface area contributed by atoms with Crippen LogP contribution in [0.25, 0.3) is 0 Å². The average molecular weight is 181 g/mol. The lowest BCUT2D eigenvalue weighted by molar-refractivity contribution is 0.188. The average Bonchev–Trinajstić information content (AvgIpc) is 2.03. The molecule has 4 heteroatoms. The zero-order valence-corrected chi connectivity index (χ0v) is 7.99. The van der Waals surface area contributed by atoms with Crippen molar-refractivity contribution in [1.29, 1.82) is 0 Å². The predicted molar refractivity (Wildman–Crippen MR) is 51.6 cm³/mol. The molecule has 2 N–H and O–H groups in total. The van der Waals surface area contributed by atoms with Gasteiger partial charge in [0.05, 0.1) is 6.10 Å². The van der Waals surface area contributed by atoms with Crippen molar-refractivity contribution in [3.8, 4) is 0 Å². The Hall–Kier alpha value is -1.16. The van der Waals surface area contributed by atoms with Crippen LogP contribution in [0.3, 0.4) is 0 Å². The first-order valence-corrected chi connectivity index (χ1v) is 4.40. The molecule has 1 atom stereocenters. The van der Waals surface area contributed by atoms with Gasteiger partial charge in [-0.1, -0.05) is 0 Å². The van der Waals surface area contributed by atoms with Crippen LogP contribution in [0.5, 0.6) is 0 Å². The standard InChI is InChI=1S/C9H15N3O/c1-7-3-5-10-9(12-7)11-6-4-8(2)13/h3,5,8,13H,4,6H2,1-2H3,(H,10,11,12). The number of nitrogens with one attached hydrogen (secondary N) is 1. The topological polar surface area (TPSA) is 58.0 Å². The van der Waals surface area contributed by atoms with Gasteiger partial charge in [0.25, 0.3) is 0 Å². The molecule has 0 aromatic carbocycles. The molecule has 13 heavy (non-hydrogen) atoms. The number of nitrogens with zero attached hydrogens (tertiary/aromatic N) is 2. The monoisotopic (exact) mass is 181 g/mol. The van der Waals surface area contributed by atoms with Crippen LogP contribution in [-0.2, 0) is 0 Å². The fourth-order valence-corrected chi connectivity index (χ4v) is 0.927. The molecule has 1 aromatic rings. The van der Waals surface area contributed by atoms with Crippen LogP contribution in [0.15, 0.2) is 12.3 Å². The first-order chi connectivity index (χ1) is 6.18. The second-order valence-electron chi connectivity index (χ2n) is 3.09. The van der Waals surface area contributed by atoms with Gasteiger partial charge in [0.15, 0.2) is 0 Å². The Kier molecular flexibility index (Phi) is 3.64. The van der Waals surface area contributed by atoms with E-state index >= 15 is 0 Å². The van der Waals surface area contributed by atoms with Crippen LogP contribution in [0.4, 0.5) is 5.95 Å². The molecule has 1 rings (SSSR count). The van der Waals surface area contributed by atoms with Crippen LogP contribution in [0, 0.1) is 6.92 Å². The van der Waals surface area contributed by atoms with E-state index in [2.05, 4.69) is 15.3 Å². The third-order valence-corrected chi connectivity index (χ3v) is 1.64. The Balaban J connectivity index is 2.37. The maximum absolute atomic E-state index is 9.00. The first-order valence-electron chi connectivity index (χ1n) is 4.40. The van der Waals surface area contributed by atoms with Crippen LogP contribution in [0.2, 0.25) is 0 Å². The molecule has 0 aliphatic carbocycles. The number of aliphatic hydroxyl groups is 1. The van der Waals surface area contributed by atoms with E-state index in [1.165, 1.54) is 0 Å². The predicted octanol–water partition coefficient (Wildman–Crippen LogP) is 0.968. The van der Waals surface area contributed by atoms with E-state index in [0.717, 1.165) is 5.69 Å². The van der Waals surface area contributed by atoms with Crippen LogP contribution in [0.1, 0.15) is 19.0 Å². The molecular formula is C9H15N3O. The van der Waals surface area contributed by atoms with E-state index in [4.69, 9.17) is 5.11 Å². The van der Waals surface area contributed by atoms with Gasteiger partial charge in [-0.05, 0) is 26.3 Å². The summed E-state index contributed by atoms with van der Waals surface area (Å²) < 4.78 is 0. The zero-order valence-electron chi connectivity index (χ0n) is 7.99. The quantitative estimate of drug-likeness (QED) is 0.726. The maximum atomic E-state index is 9.00. The molecule has 0 spiro atoms. The molecule has 0 fully saturated rings. The van der Waals surface area contributed by atoms with Gasteiger partial charge in [0.2, 0.25) is 5.95 Å². The summed E-state index contributed by atoms with van der Waals surface area (Å²) in [7, 11) is 0. The van der Waals surface area contributed by atoms with Crippen LogP contribution in [-0.4, -0.2) is 27.7 Å². The normalized spacial score (nSPS) is 12.5. The van der Waals surface area contributed by atoms with Crippen molar-refractivity contribution in [1.82, 2.24) is 9.97 Å². The van der Waals surface area contributed by atoms with Gasteiger partial charge in [-0.15, -0.1) is 0 Å². The minimum Gasteiger partial charge on any atom is -0.393 e. The van der Waals surface area contributed by atoms with E-state index < -0.39 is 0 Å². The molecule has 0 aliphatic heterocycles. The lowest BCUT2D eigenvalue weighted by atomic mass is 10.3. The van der Waals surface area contributed by atoms with Gasteiger partial charge < -0.3 is 10.4 Å². The number of hydrogen-bond acceptors (Lipinski definition) is 4. The van der Waals surface area contributed by atoms with E-state index in [0.29, 0.717) is 18.9 Å². The zero-order chi connectivity index (χ0) is 9.68. The van der Waals surface area contributed by atoms with Crippen molar-refractivity contribution in [2.24, 2.45) is 0 Å². The van der Waals surface area contributed by atoms with E-state index in [-0.39, 0.29) is 6.10 Å². The lowest BCUT2D eigenvalue weighted by Gasteiger charge is -2.06. The summed E-state index contributed by atoms with van der Waals surface area (Å²) in [5.41, 5.74) is 0.939. The summed E-state index contributed by atoms with van der Waals surface area (Å²) in [6.07, 6.45) is 2.14. The fraction of sp³-hybridized carbons (Fsp3) is 0.556. The maximum Gasteiger partial charge on any atom is 0.222 e. The molecule has 0 amide bonds. The van der Waals surface area contributed by atoms with E-state index in [1.54, 1.807) is 13.1 Å². The molecule has 0 saturated heterocycles. The Bertz CT molecular complexity index is 263. The Morgan fingerprint density at radius 1 is 1.62 bits per heavy atom. The van der Waals surface area contributed by atoms with Crippen molar-refractivity contribution in [2.45, 2.75) is 26.4 Å². The van der Waals surface area contributed by atoms with Gasteiger partial charge >= 0.3 is 0 Å². The minimum absolute atomic E-state index is 0.280. The summed E-state index contributed by atoms with van der Waals surface area (Å²) in [4.78, 5) is 8.20. The highest BCUT2D eigenvalue weighted by Gasteiger charge is 1.97. The molecule has 0 bridgehead atoms. The number of aryl methyl sites for hydroxylation is 1. The van der Waals surface area contributed by atoms with Crippen molar-refractivity contribution in [3.05, 3.63) is 18.0 Å². The van der Waals surface area contributed by atoms with E-state index in [1.807, 2.05) is 13.0 Å². The SMILES string of the molecule is Cc1ccnc(NCCC(C)O)n1. The Morgan fingerprint density at radius 3 is 3.00 bits per heavy atom. The summed E-state index contributed by atoms with van der Waals surface area (Å²) in [6.45, 7) is 4.38. The molecule has 1 aromatic heterocycles. The summed E-state index contributed by atoms with van der Waals surface area (Å²) in [5.74, 6) is 0.626. The number of anilines is 1. The largest absolute Gasteiger partial charge is 0.393 e. The number of hydrogen-bond donors (Lipinski definition) is 2. The summed E-state index contributed by atoms with van der Waals surface area (Å²) >= 11 is 0. The highest BCUT2D eigenvalue weighted by atomic mass is 16.3. The Morgan fingerprint density at radius 2 is 2.38 bits per heavy atom. The molecule has 0 radical (unpaired) electrons. The van der Waals surface area contributed by atoms with Gasteiger partial charge in [0.1, 0.15) is 0 Å². The third kappa shape index (κ3) is 3.85. The third-order valence-electron chi connectivity index (χ3n) is 1.64. The van der Waals surface area contributed by atoms with E-state index in [9.17, 15) is 0 Å². The van der Waals surface area contributed by atoms with Gasteiger partial charge in [0, 0.05) is 18.4 Å². The highest BCUT2D eigenvalue weighted by Crippen LogP contribution is 1.99. The van der Waals surface area contributed by atoms with Crippen LogP contribution < -0.4 is 5.32 Å². The minimum atomic E-state index is -0.280. The first kappa shape index (κ1) is 9.92. The summed E-state index contributed by atoms with van der Waals surface area (Å²) in [6, 6.07) is 1.85. The van der Waals surface area contributed by atoms with Crippen molar-refractivity contribution in [3.63, 3.8) is 0 Å². The Labute approximate surface area is 78.0 Å². The fourth-order valence-electron chi connectivity index (χ4n) is 0.927. The molecule has 72 valence electrons. The van der Waals surface area contributed by atoms with Crippen molar-refractivity contribution in [2.75, 3.05) is 11.9 Å². The highest BCUT2D eigenvalue weighted by molar-refractivity contribution is 5.24. The lowest BCUT2D eigenvalue weighted by Crippen LogP contribution is -2.11. The number of rotatable bonds is 4. The molecular weight excluding hydrogens is 166 g/mol. The van der Waals surface area contributed by atoms with Gasteiger partial charge in [-0.3, -0.25) is 0 Å². The van der Waals surface area contributed by atoms with Gasteiger partial charge in [-0.25, -0.2) is 9.97 Å². The smallest absolute Gasteiger partial charge is 0.222 e. The molecule has 0 saturated carbocycles. The number of aliphatic hydroxyl groups excluding tert-OH is 1. The molecule has 4 nitrogen and oxygen atoms in total. The van der Waals surface area contributed by atoms with Crippen molar-refractivity contribution >= 4 is 5.95 Å². The van der Waals surface area contributed by atoms with Crippen LogP contribution >= 0.6 is 0 Å². The second kappa shape index (κ2) is 4.77. The molecule has 0 aliphatic rings.